The van der Waals surface area contributed by atoms with Crippen molar-refractivity contribution in [3.8, 4) is 0 Å². The van der Waals surface area contributed by atoms with Gasteiger partial charge in [-0.05, 0) is 30.3 Å². The molecule has 5 nitrogen and oxygen atoms in total. The first kappa shape index (κ1) is 14.1. The summed E-state index contributed by atoms with van der Waals surface area (Å²) in [7, 11) is 0. The van der Waals surface area contributed by atoms with E-state index in [1.165, 1.54) is 0 Å². The number of anilines is 3. The standard InChI is InChI=1S/C17H19N5/c1-12-11-19-17(21-14-7-3-2-4-8-14)22-16(12)20-15-9-5-6-13(18)10-15/h2-12,16,20H,18H2,1H3,(H,21,22). The Balaban J connectivity index is 1.74. The molecule has 2 aromatic rings. The highest BCUT2D eigenvalue weighted by molar-refractivity contribution is 6.00. The lowest BCUT2D eigenvalue weighted by atomic mass is 10.1. The Morgan fingerprint density at radius 2 is 1.77 bits per heavy atom. The molecule has 0 amide bonds. The van der Waals surface area contributed by atoms with Crippen molar-refractivity contribution >= 4 is 29.2 Å². The Morgan fingerprint density at radius 1 is 1.00 bits per heavy atom. The Morgan fingerprint density at radius 3 is 2.55 bits per heavy atom. The van der Waals surface area contributed by atoms with Crippen molar-refractivity contribution in [3.05, 3.63) is 54.6 Å². The fourth-order valence-electron chi connectivity index (χ4n) is 2.23. The summed E-state index contributed by atoms with van der Waals surface area (Å²) in [5.41, 5.74) is 8.47. The van der Waals surface area contributed by atoms with Crippen molar-refractivity contribution in [1.82, 2.24) is 0 Å². The van der Waals surface area contributed by atoms with Gasteiger partial charge >= 0.3 is 0 Å². The van der Waals surface area contributed by atoms with Crippen LogP contribution in [0, 0.1) is 5.92 Å². The van der Waals surface area contributed by atoms with Crippen LogP contribution >= 0.6 is 0 Å². The highest BCUT2D eigenvalue weighted by atomic mass is 15.2. The molecule has 0 spiro atoms. The Labute approximate surface area is 130 Å². The highest BCUT2D eigenvalue weighted by Crippen LogP contribution is 2.18. The van der Waals surface area contributed by atoms with Gasteiger partial charge in [0.25, 0.3) is 0 Å². The number of aliphatic imine (C=N–C) groups is 2. The summed E-state index contributed by atoms with van der Waals surface area (Å²) < 4.78 is 0. The van der Waals surface area contributed by atoms with E-state index in [0.29, 0.717) is 5.96 Å². The summed E-state index contributed by atoms with van der Waals surface area (Å²) in [4.78, 5) is 9.00. The van der Waals surface area contributed by atoms with Gasteiger partial charge in [0.15, 0.2) is 0 Å². The second-order valence-electron chi connectivity index (χ2n) is 5.30. The van der Waals surface area contributed by atoms with E-state index < -0.39 is 0 Å². The van der Waals surface area contributed by atoms with Gasteiger partial charge < -0.3 is 16.4 Å². The van der Waals surface area contributed by atoms with Crippen LogP contribution in [0.25, 0.3) is 0 Å². The third-order valence-electron chi connectivity index (χ3n) is 3.42. The molecule has 4 N–H and O–H groups in total. The van der Waals surface area contributed by atoms with Gasteiger partial charge in [0.05, 0.1) is 0 Å². The van der Waals surface area contributed by atoms with Crippen LogP contribution in [-0.2, 0) is 0 Å². The number of benzene rings is 2. The van der Waals surface area contributed by atoms with Crippen molar-refractivity contribution in [2.75, 3.05) is 16.4 Å². The van der Waals surface area contributed by atoms with Crippen LogP contribution in [-0.4, -0.2) is 18.3 Å². The number of rotatable bonds is 3. The molecule has 0 aromatic heterocycles. The van der Waals surface area contributed by atoms with Crippen LogP contribution in [0.5, 0.6) is 0 Å². The first-order valence-corrected chi connectivity index (χ1v) is 7.27. The van der Waals surface area contributed by atoms with Crippen LogP contribution in [0.1, 0.15) is 6.92 Å². The SMILES string of the molecule is CC1C=NC(Nc2ccccc2)=NC1Nc1cccc(N)c1. The molecule has 0 radical (unpaired) electrons. The molecule has 112 valence electrons. The monoisotopic (exact) mass is 293 g/mol. The minimum absolute atomic E-state index is 0.0782. The fraction of sp³-hybridized carbons (Fsp3) is 0.176. The minimum atomic E-state index is -0.0782. The molecule has 1 aliphatic heterocycles. The molecule has 0 saturated carbocycles. The number of nitrogens with one attached hydrogen (secondary N) is 2. The predicted molar refractivity (Wildman–Crippen MR) is 93.4 cm³/mol. The number of nitrogens with two attached hydrogens (primary N) is 1. The molecule has 2 aromatic carbocycles. The molecule has 0 fully saturated rings. The van der Waals surface area contributed by atoms with Gasteiger partial charge in [0, 0.05) is 29.2 Å². The summed E-state index contributed by atoms with van der Waals surface area (Å²) in [6.07, 6.45) is 1.83. The minimum Gasteiger partial charge on any atom is -0.399 e. The summed E-state index contributed by atoms with van der Waals surface area (Å²) in [5, 5.41) is 6.60. The number of nitrogens with zero attached hydrogens (tertiary/aromatic N) is 2. The zero-order chi connectivity index (χ0) is 15.4. The maximum atomic E-state index is 5.81. The van der Waals surface area contributed by atoms with E-state index in [1.54, 1.807) is 0 Å². The van der Waals surface area contributed by atoms with Gasteiger partial charge in [0.2, 0.25) is 5.96 Å². The average Bonchev–Trinajstić information content (AvgIpc) is 2.52. The molecule has 1 aliphatic rings. The second-order valence-corrected chi connectivity index (χ2v) is 5.30. The summed E-state index contributed by atoms with van der Waals surface area (Å²) in [6.45, 7) is 2.08. The quantitative estimate of drug-likeness (QED) is 0.761. The Kier molecular flexibility index (Phi) is 4.05. The predicted octanol–water partition coefficient (Wildman–Crippen LogP) is 3.20. The van der Waals surface area contributed by atoms with E-state index in [2.05, 4.69) is 27.5 Å². The van der Waals surface area contributed by atoms with Crippen LogP contribution in [0.4, 0.5) is 17.1 Å². The van der Waals surface area contributed by atoms with E-state index in [4.69, 9.17) is 5.73 Å². The lowest BCUT2D eigenvalue weighted by Crippen LogP contribution is -2.32. The zero-order valence-electron chi connectivity index (χ0n) is 12.4. The average molecular weight is 293 g/mol. The normalized spacial score (nSPS) is 20.3. The van der Waals surface area contributed by atoms with Gasteiger partial charge in [-0.25, -0.2) is 9.98 Å². The van der Waals surface area contributed by atoms with E-state index in [0.717, 1.165) is 17.1 Å². The van der Waals surface area contributed by atoms with Crippen LogP contribution < -0.4 is 16.4 Å². The smallest absolute Gasteiger partial charge is 0.224 e. The number of guanidine groups is 1. The number of para-hydroxylation sites is 1. The molecule has 1 heterocycles. The maximum Gasteiger partial charge on any atom is 0.224 e. The van der Waals surface area contributed by atoms with E-state index in [-0.39, 0.29) is 12.1 Å². The van der Waals surface area contributed by atoms with Crippen molar-refractivity contribution < 1.29 is 0 Å². The van der Waals surface area contributed by atoms with Crippen LogP contribution in [0.2, 0.25) is 0 Å². The number of hydrogen-bond acceptors (Lipinski definition) is 5. The van der Waals surface area contributed by atoms with Gasteiger partial charge in [-0.2, -0.15) is 0 Å². The second kappa shape index (κ2) is 6.30. The first-order chi connectivity index (χ1) is 10.7. The van der Waals surface area contributed by atoms with Crippen molar-refractivity contribution in [2.24, 2.45) is 15.9 Å². The van der Waals surface area contributed by atoms with Gasteiger partial charge in [-0.1, -0.05) is 31.2 Å². The van der Waals surface area contributed by atoms with E-state index >= 15 is 0 Å². The van der Waals surface area contributed by atoms with Gasteiger partial charge in [0.1, 0.15) is 6.17 Å². The molecule has 2 unspecified atom stereocenters. The van der Waals surface area contributed by atoms with Crippen LogP contribution in [0.3, 0.4) is 0 Å². The topological polar surface area (TPSA) is 74.8 Å². The Hall–Kier alpha value is -2.82. The van der Waals surface area contributed by atoms with Gasteiger partial charge in [-0.15, -0.1) is 0 Å². The van der Waals surface area contributed by atoms with Crippen molar-refractivity contribution in [1.29, 1.82) is 0 Å². The van der Waals surface area contributed by atoms with E-state index in [1.807, 2.05) is 60.8 Å². The lowest BCUT2D eigenvalue weighted by molar-refractivity contribution is 0.630. The van der Waals surface area contributed by atoms with Crippen molar-refractivity contribution in [2.45, 2.75) is 13.1 Å². The van der Waals surface area contributed by atoms with Crippen molar-refractivity contribution in [3.63, 3.8) is 0 Å². The molecule has 22 heavy (non-hydrogen) atoms. The third-order valence-corrected chi connectivity index (χ3v) is 3.42. The molecule has 5 heteroatoms. The first-order valence-electron chi connectivity index (χ1n) is 7.27. The third kappa shape index (κ3) is 3.44. The summed E-state index contributed by atoms with van der Waals surface area (Å²) in [5.74, 6) is 0.799. The summed E-state index contributed by atoms with van der Waals surface area (Å²) in [6, 6.07) is 17.6. The zero-order valence-corrected chi connectivity index (χ0v) is 12.4. The fourth-order valence-corrected chi connectivity index (χ4v) is 2.23. The lowest BCUT2D eigenvalue weighted by Gasteiger charge is -2.24. The Bertz CT molecular complexity index is 693. The number of nitrogen functional groups attached to an aromatic ring is 1. The molecule has 2 atom stereocenters. The maximum absolute atomic E-state index is 5.81. The number of hydrogen-bond donors (Lipinski definition) is 3. The molecule has 0 bridgehead atoms. The molecular formula is C17H19N5. The van der Waals surface area contributed by atoms with Crippen LogP contribution in [0.15, 0.2) is 64.6 Å². The highest BCUT2D eigenvalue weighted by Gasteiger charge is 2.19. The summed E-state index contributed by atoms with van der Waals surface area (Å²) >= 11 is 0. The van der Waals surface area contributed by atoms with E-state index in [9.17, 15) is 0 Å². The van der Waals surface area contributed by atoms with Gasteiger partial charge in [-0.3, -0.25) is 0 Å². The largest absolute Gasteiger partial charge is 0.399 e. The molecule has 0 aliphatic carbocycles. The molecule has 0 saturated heterocycles. The molecular weight excluding hydrogens is 274 g/mol. The molecule has 3 rings (SSSR count).